The van der Waals surface area contributed by atoms with Gasteiger partial charge in [0.15, 0.2) is 0 Å². The van der Waals surface area contributed by atoms with Crippen LogP contribution in [0.5, 0.6) is 0 Å². The quantitative estimate of drug-likeness (QED) is 0.648. The van der Waals surface area contributed by atoms with E-state index >= 15 is 0 Å². The molecule has 1 saturated heterocycles. The number of fused-ring (bicyclic) bond motifs is 3. The Balaban J connectivity index is 1.43. The van der Waals surface area contributed by atoms with Crippen molar-refractivity contribution < 1.29 is 28.8 Å². The van der Waals surface area contributed by atoms with Crippen LogP contribution in [-0.2, 0) is 24.0 Å². The number of nitrogens with one attached hydrogen (secondary N) is 1. The molecular formula is C25H26N2O6. The molecule has 2 atom stereocenters. The maximum absolute atomic E-state index is 12.7. The lowest BCUT2D eigenvalue weighted by atomic mass is 9.98. The zero-order valence-electron chi connectivity index (χ0n) is 18.6. The average molecular weight is 450 g/mol. The van der Waals surface area contributed by atoms with Gasteiger partial charge in [0.1, 0.15) is 12.6 Å². The molecule has 1 N–H and O–H groups in total. The van der Waals surface area contributed by atoms with Crippen LogP contribution in [-0.4, -0.2) is 41.6 Å². The molecule has 2 aromatic rings. The number of amides is 3. The number of carbonyl (C=O) groups is 4. The summed E-state index contributed by atoms with van der Waals surface area (Å²) in [4.78, 5) is 53.9. The van der Waals surface area contributed by atoms with Crippen molar-refractivity contribution in [1.29, 1.82) is 0 Å². The normalized spacial score (nSPS) is 16.7. The van der Waals surface area contributed by atoms with E-state index in [-0.39, 0.29) is 31.3 Å². The van der Waals surface area contributed by atoms with Crippen molar-refractivity contribution in [1.82, 2.24) is 10.4 Å². The van der Waals surface area contributed by atoms with Crippen molar-refractivity contribution in [3.63, 3.8) is 0 Å². The van der Waals surface area contributed by atoms with E-state index in [4.69, 9.17) is 9.57 Å². The highest BCUT2D eigenvalue weighted by Crippen LogP contribution is 2.44. The van der Waals surface area contributed by atoms with Gasteiger partial charge in [-0.1, -0.05) is 68.8 Å². The van der Waals surface area contributed by atoms with Gasteiger partial charge in [0.25, 0.3) is 11.8 Å². The van der Waals surface area contributed by atoms with Gasteiger partial charge < -0.3 is 14.9 Å². The van der Waals surface area contributed by atoms with Crippen LogP contribution in [0.25, 0.3) is 11.1 Å². The Morgan fingerprint density at radius 3 is 2.09 bits per heavy atom. The van der Waals surface area contributed by atoms with Crippen LogP contribution < -0.4 is 5.32 Å². The lowest BCUT2D eigenvalue weighted by Gasteiger charge is -2.24. The molecule has 3 amide bonds. The number of imide groups is 1. The van der Waals surface area contributed by atoms with E-state index in [0.29, 0.717) is 11.5 Å². The third-order valence-electron chi connectivity index (χ3n) is 6.27. The van der Waals surface area contributed by atoms with Crippen molar-refractivity contribution in [2.75, 3.05) is 6.61 Å². The van der Waals surface area contributed by atoms with Crippen LogP contribution >= 0.6 is 0 Å². The van der Waals surface area contributed by atoms with Gasteiger partial charge >= 0.3 is 12.1 Å². The standard InChI is InChI=1S/C25H26N2O6/c1-3-15(2)23(24(30)33-27-21(28)12-13-22(27)29)26-25(31)32-14-20-18-10-6-4-8-16(18)17-9-5-7-11-19(17)20/h4-11,15,20,23H,3,12-14H2,1-2H3,(H,26,31)/t15-,23?/m0/s1. The number of hydrogen-bond acceptors (Lipinski definition) is 6. The molecule has 4 rings (SSSR count). The molecule has 8 heteroatoms. The lowest BCUT2D eigenvalue weighted by Crippen LogP contribution is -2.48. The minimum absolute atomic E-state index is 0.0000810. The van der Waals surface area contributed by atoms with Gasteiger partial charge in [-0.25, -0.2) is 9.59 Å². The molecule has 0 aromatic heterocycles. The third kappa shape index (κ3) is 4.46. The predicted molar refractivity (Wildman–Crippen MR) is 119 cm³/mol. The van der Waals surface area contributed by atoms with Crippen molar-refractivity contribution in [2.24, 2.45) is 5.92 Å². The highest BCUT2D eigenvalue weighted by atomic mass is 16.7. The second kappa shape index (κ2) is 9.44. The summed E-state index contributed by atoms with van der Waals surface area (Å²) in [5.41, 5.74) is 4.39. The van der Waals surface area contributed by atoms with E-state index in [1.54, 1.807) is 6.92 Å². The van der Waals surface area contributed by atoms with Gasteiger partial charge in [0, 0.05) is 18.8 Å². The van der Waals surface area contributed by atoms with E-state index in [1.807, 2.05) is 55.5 Å². The summed E-state index contributed by atoms with van der Waals surface area (Å²) in [6.45, 7) is 3.73. The molecule has 0 bridgehead atoms. The largest absolute Gasteiger partial charge is 0.449 e. The van der Waals surface area contributed by atoms with Gasteiger partial charge in [0.05, 0.1) is 0 Å². The van der Waals surface area contributed by atoms with Gasteiger partial charge in [0.2, 0.25) is 0 Å². The van der Waals surface area contributed by atoms with E-state index in [9.17, 15) is 19.2 Å². The molecule has 2 aliphatic rings. The first-order valence-corrected chi connectivity index (χ1v) is 11.1. The molecule has 1 fully saturated rings. The van der Waals surface area contributed by atoms with E-state index in [1.165, 1.54) is 0 Å². The summed E-state index contributed by atoms with van der Waals surface area (Å²) in [7, 11) is 0. The Bertz CT molecular complexity index is 1040. The summed E-state index contributed by atoms with van der Waals surface area (Å²) in [5.74, 6) is -2.43. The summed E-state index contributed by atoms with van der Waals surface area (Å²) in [5, 5.41) is 3.04. The van der Waals surface area contributed by atoms with Crippen LogP contribution in [0.1, 0.15) is 50.2 Å². The molecule has 172 valence electrons. The van der Waals surface area contributed by atoms with E-state index < -0.39 is 29.9 Å². The Morgan fingerprint density at radius 2 is 1.55 bits per heavy atom. The Kier molecular flexibility index (Phi) is 6.44. The number of benzene rings is 2. The molecule has 2 aromatic carbocycles. The number of nitrogens with zero attached hydrogens (tertiary/aromatic N) is 1. The summed E-state index contributed by atoms with van der Waals surface area (Å²) in [6, 6.07) is 14.9. The Labute approximate surface area is 191 Å². The molecule has 8 nitrogen and oxygen atoms in total. The highest BCUT2D eigenvalue weighted by molar-refractivity contribution is 6.01. The van der Waals surface area contributed by atoms with Crippen LogP contribution in [0.4, 0.5) is 4.79 Å². The number of rotatable bonds is 7. The molecule has 1 aliphatic heterocycles. The molecule has 0 spiro atoms. The Hall–Kier alpha value is -3.68. The fraction of sp³-hybridized carbons (Fsp3) is 0.360. The minimum atomic E-state index is -1.06. The van der Waals surface area contributed by atoms with Crippen molar-refractivity contribution >= 4 is 23.9 Å². The molecule has 33 heavy (non-hydrogen) atoms. The maximum atomic E-state index is 12.7. The van der Waals surface area contributed by atoms with Crippen molar-refractivity contribution in [3.05, 3.63) is 59.7 Å². The highest BCUT2D eigenvalue weighted by Gasteiger charge is 2.37. The zero-order chi connectivity index (χ0) is 23.5. The average Bonchev–Trinajstić information content (AvgIpc) is 3.32. The Morgan fingerprint density at radius 1 is 1.00 bits per heavy atom. The molecule has 1 unspecified atom stereocenters. The number of carbonyl (C=O) groups excluding carboxylic acids is 4. The topological polar surface area (TPSA) is 102 Å². The molecular weight excluding hydrogens is 424 g/mol. The van der Waals surface area contributed by atoms with Gasteiger partial charge in [-0.05, 0) is 28.2 Å². The van der Waals surface area contributed by atoms with E-state index in [2.05, 4.69) is 5.32 Å². The monoisotopic (exact) mass is 450 g/mol. The first kappa shape index (κ1) is 22.5. The fourth-order valence-electron chi connectivity index (χ4n) is 4.24. The zero-order valence-corrected chi connectivity index (χ0v) is 18.6. The van der Waals surface area contributed by atoms with Gasteiger partial charge in [-0.2, -0.15) is 0 Å². The molecule has 1 aliphatic carbocycles. The summed E-state index contributed by atoms with van der Waals surface area (Å²) >= 11 is 0. The van der Waals surface area contributed by atoms with Crippen LogP contribution in [0.2, 0.25) is 0 Å². The minimum Gasteiger partial charge on any atom is -0.449 e. The summed E-state index contributed by atoms with van der Waals surface area (Å²) in [6.07, 6.45) is -0.205. The maximum Gasteiger partial charge on any atom is 0.407 e. The second-order valence-electron chi connectivity index (χ2n) is 8.33. The first-order chi connectivity index (χ1) is 15.9. The van der Waals surface area contributed by atoms with Crippen LogP contribution in [0.3, 0.4) is 0 Å². The van der Waals surface area contributed by atoms with Gasteiger partial charge in [-0.15, -0.1) is 5.06 Å². The molecule has 0 saturated carbocycles. The van der Waals surface area contributed by atoms with Crippen molar-refractivity contribution in [3.8, 4) is 11.1 Å². The second-order valence-corrected chi connectivity index (χ2v) is 8.33. The molecule has 0 radical (unpaired) electrons. The number of alkyl carbamates (subject to hydrolysis) is 1. The van der Waals surface area contributed by atoms with Crippen LogP contribution in [0.15, 0.2) is 48.5 Å². The van der Waals surface area contributed by atoms with Crippen molar-refractivity contribution in [2.45, 2.75) is 45.1 Å². The first-order valence-electron chi connectivity index (χ1n) is 11.1. The number of hydrogen-bond donors (Lipinski definition) is 1. The fourth-order valence-corrected chi connectivity index (χ4v) is 4.24. The van der Waals surface area contributed by atoms with Gasteiger partial charge in [-0.3, -0.25) is 9.59 Å². The number of ether oxygens (including phenoxy) is 1. The van der Waals surface area contributed by atoms with E-state index in [0.717, 1.165) is 22.3 Å². The lowest BCUT2D eigenvalue weighted by molar-refractivity contribution is -0.199. The predicted octanol–water partition coefficient (Wildman–Crippen LogP) is 3.55. The van der Waals surface area contributed by atoms with Crippen LogP contribution in [0, 0.1) is 5.92 Å². The SMILES string of the molecule is CC[C@H](C)C(NC(=O)OCC1c2ccccc2-c2ccccc21)C(=O)ON1C(=O)CCC1=O. The summed E-state index contributed by atoms with van der Waals surface area (Å²) < 4.78 is 5.52. The smallest absolute Gasteiger partial charge is 0.407 e. The third-order valence-corrected chi connectivity index (χ3v) is 6.27. The number of hydroxylamine groups is 2. The molecule has 1 heterocycles.